The Morgan fingerprint density at radius 1 is 1.40 bits per heavy atom. The Hall–Kier alpha value is -2.11. The lowest BCUT2D eigenvalue weighted by Crippen LogP contribution is -2.12. The van der Waals surface area contributed by atoms with Crippen LogP contribution < -0.4 is 4.74 Å². The number of methoxy groups -OCH3 is 1. The molecule has 1 aromatic rings. The van der Waals surface area contributed by atoms with Gasteiger partial charge in [0.2, 0.25) is 0 Å². The molecule has 0 aliphatic rings. The summed E-state index contributed by atoms with van der Waals surface area (Å²) in [5, 5.41) is 8.85. The summed E-state index contributed by atoms with van der Waals surface area (Å²) in [6.45, 7) is -0.570. The normalized spacial score (nSPS) is 9.40. The molecular formula is C9H9NO5. The standard InChI is InChI=1S/C9H9NO5/c1-14-8-4-2-7(3-5-8)9(11)6-15-10(12)13/h2-5H,6H2,1H3. The molecule has 0 saturated heterocycles. The molecule has 1 aromatic carbocycles. The molecule has 0 saturated carbocycles. The number of hydrogen-bond donors (Lipinski definition) is 0. The highest BCUT2D eigenvalue weighted by Crippen LogP contribution is 2.11. The van der Waals surface area contributed by atoms with Gasteiger partial charge in [-0.1, -0.05) is 0 Å². The van der Waals surface area contributed by atoms with Crippen molar-refractivity contribution in [3.8, 4) is 5.75 Å². The van der Waals surface area contributed by atoms with E-state index in [1.807, 2.05) is 0 Å². The molecule has 15 heavy (non-hydrogen) atoms. The van der Waals surface area contributed by atoms with Crippen LogP contribution in [0.15, 0.2) is 24.3 Å². The van der Waals surface area contributed by atoms with Gasteiger partial charge in [0.15, 0.2) is 12.4 Å². The first-order chi connectivity index (χ1) is 7.13. The molecule has 0 aliphatic heterocycles. The van der Waals surface area contributed by atoms with Crippen molar-refractivity contribution in [2.45, 2.75) is 0 Å². The SMILES string of the molecule is COc1ccc(C(=O)CO[N+](=O)[O-])cc1. The van der Waals surface area contributed by atoms with Gasteiger partial charge >= 0.3 is 0 Å². The zero-order chi connectivity index (χ0) is 11.3. The third kappa shape index (κ3) is 3.26. The predicted octanol–water partition coefficient (Wildman–Crippen LogP) is 1.09. The number of carbonyl (C=O) groups is 1. The van der Waals surface area contributed by atoms with Crippen LogP contribution in [-0.4, -0.2) is 24.6 Å². The lowest BCUT2D eigenvalue weighted by atomic mass is 10.1. The molecule has 0 spiro atoms. The maximum atomic E-state index is 11.3. The van der Waals surface area contributed by atoms with Crippen molar-refractivity contribution in [1.29, 1.82) is 0 Å². The minimum absolute atomic E-state index is 0.345. The first kappa shape index (κ1) is 11.0. The zero-order valence-electron chi connectivity index (χ0n) is 8.00. The highest BCUT2D eigenvalue weighted by Gasteiger charge is 2.07. The van der Waals surface area contributed by atoms with E-state index in [1.54, 1.807) is 12.1 Å². The van der Waals surface area contributed by atoms with E-state index in [0.717, 1.165) is 0 Å². The highest BCUT2D eigenvalue weighted by molar-refractivity contribution is 5.97. The van der Waals surface area contributed by atoms with Crippen LogP contribution in [-0.2, 0) is 4.84 Å². The Labute approximate surface area is 85.5 Å². The van der Waals surface area contributed by atoms with Gasteiger partial charge in [0.25, 0.3) is 5.09 Å². The fourth-order valence-electron chi connectivity index (χ4n) is 0.972. The molecule has 0 atom stereocenters. The average Bonchev–Trinajstić information content (AvgIpc) is 2.26. The largest absolute Gasteiger partial charge is 0.497 e. The molecule has 6 heteroatoms. The number of ether oxygens (including phenoxy) is 1. The average molecular weight is 211 g/mol. The van der Waals surface area contributed by atoms with Gasteiger partial charge in [-0.15, -0.1) is 10.1 Å². The number of nitrogens with zero attached hydrogens (tertiary/aromatic N) is 1. The van der Waals surface area contributed by atoms with Gasteiger partial charge in [-0.25, -0.2) is 0 Å². The number of ketones is 1. The van der Waals surface area contributed by atoms with Crippen LogP contribution in [0.3, 0.4) is 0 Å². The van der Waals surface area contributed by atoms with Crippen LogP contribution in [0.1, 0.15) is 10.4 Å². The maximum Gasteiger partial charge on any atom is 0.294 e. The van der Waals surface area contributed by atoms with Gasteiger partial charge in [0, 0.05) is 5.56 Å². The van der Waals surface area contributed by atoms with Gasteiger partial charge in [0.05, 0.1) is 7.11 Å². The number of carbonyl (C=O) groups excluding carboxylic acids is 1. The third-order valence-electron chi connectivity index (χ3n) is 1.71. The topological polar surface area (TPSA) is 78.7 Å². The van der Waals surface area contributed by atoms with E-state index in [-0.39, 0.29) is 0 Å². The van der Waals surface area contributed by atoms with E-state index < -0.39 is 17.5 Å². The zero-order valence-corrected chi connectivity index (χ0v) is 8.00. The van der Waals surface area contributed by atoms with Gasteiger partial charge in [-0.3, -0.25) is 4.79 Å². The Bertz CT molecular complexity index is 359. The fraction of sp³-hybridized carbons (Fsp3) is 0.222. The van der Waals surface area contributed by atoms with Crippen molar-refractivity contribution in [3.05, 3.63) is 39.9 Å². The van der Waals surface area contributed by atoms with Crippen LogP contribution in [0.2, 0.25) is 0 Å². The summed E-state index contributed by atoms with van der Waals surface area (Å²) >= 11 is 0. The predicted molar refractivity (Wildman–Crippen MR) is 50.3 cm³/mol. The smallest absolute Gasteiger partial charge is 0.294 e. The second-order valence-corrected chi connectivity index (χ2v) is 2.65. The van der Waals surface area contributed by atoms with Crippen LogP contribution in [0.5, 0.6) is 5.75 Å². The lowest BCUT2D eigenvalue weighted by molar-refractivity contribution is -0.754. The van der Waals surface area contributed by atoms with E-state index in [2.05, 4.69) is 4.84 Å². The van der Waals surface area contributed by atoms with Gasteiger partial charge in [-0.05, 0) is 24.3 Å². The number of rotatable bonds is 5. The molecule has 0 amide bonds. The second kappa shape index (κ2) is 4.94. The molecule has 0 fully saturated rings. The molecule has 0 aromatic heterocycles. The van der Waals surface area contributed by atoms with Gasteiger partial charge in [0.1, 0.15) is 5.75 Å². The van der Waals surface area contributed by atoms with Crippen molar-refractivity contribution in [1.82, 2.24) is 0 Å². The molecule has 1 rings (SSSR count). The van der Waals surface area contributed by atoms with E-state index in [4.69, 9.17) is 4.74 Å². The third-order valence-corrected chi connectivity index (χ3v) is 1.71. The molecule has 6 nitrogen and oxygen atoms in total. The highest BCUT2D eigenvalue weighted by atomic mass is 16.9. The number of benzene rings is 1. The molecule has 80 valence electrons. The molecule has 0 aliphatic carbocycles. The summed E-state index contributed by atoms with van der Waals surface area (Å²) in [5.41, 5.74) is 0.345. The van der Waals surface area contributed by atoms with E-state index in [1.165, 1.54) is 19.2 Å². The molecular weight excluding hydrogens is 202 g/mol. The summed E-state index contributed by atoms with van der Waals surface area (Å²) in [7, 11) is 1.51. The number of Topliss-reactive ketones (excluding diaryl/α,β-unsaturated/α-hetero) is 1. The summed E-state index contributed by atoms with van der Waals surface area (Å²) in [6, 6.07) is 6.23. The van der Waals surface area contributed by atoms with Gasteiger partial charge < -0.3 is 9.57 Å². The van der Waals surface area contributed by atoms with Crippen molar-refractivity contribution in [3.63, 3.8) is 0 Å². The first-order valence-electron chi connectivity index (χ1n) is 4.08. The monoisotopic (exact) mass is 211 g/mol. The Morgan fingerprint density at radius 3 is 2.47 bits per heavy atom. The minimum atomic E-state index is -0.999. The molecule has 0 heterocycles. The fourth-order valence-corrected chi connectivity index (χ4v) is 0.972. The van der Waals surface area contributed by atoms with Crippen LogP contribution >= 0.6 is 0 Å². The summed E-state index contributed by atoms with van der Waals surface area (Å²) < 4.78 is 4.90. The summed E-state index contributed by atoms with van der Waals surface area (Å²) in [4.78, 5) is 25.1. The Balaban J connectivity index is 2.62. The summed E-state index contributed by atoms with van der Waals surface area (Å²) in [6.07, 6.45) is 0. The molecule has 0 radical (unpaired) electrons. The van der Waals surface area contributed by atoms with Crippen LogP contribution in [0.25, 0.3) is 0 Å². The van der Waals surface area contributed by atoms with Crippen molar-refractivity contribution in [2.75, 3.05) is 13.7 Å². The number of hydrogen-bond acceptors (Lipinski definition) is 5. The maximum absolute atomic E-state index is 11.3. The second-order valence-electron chi connectivity index (χ2n) is 2.65. The first-order valence-corrected chi connectivity index (χ1v) is 4.08. The summed E-state index contributed by atoms with van der Waals surface area (Å²) in [5.74, 6) is 0.163. The minimum Gasteiger partial charge on any atom is -0.497 e. The van der Waals surface area contributed by atoms with Crippen LogP contribution in [0, 0.1) is 10.1 Å². The van der Waals surface area contributed by atoms with Crippen LogP contribution in [0.4, 0.5) is 0 Å². The van der Waals surface area contributed by atoms with E-state index in [9.17, 15) is 14.9 Å². The van der Waals surface area contributed by atoms with Crippen molar-refractivity contribution >= 4 is 5.78 Å². The van der Waals surface area contributed by atoms with E-state index in [0.29, 0.717) is 11.3 Å². The van der Waals surface area contributed by atoms with E-state index >= 15 is 0 Å². The lowest BCUT2D eigenvalue weighted by Gasteiger charge is -2.01. The quantitative estimate of drug-likeness (QED) is 0.413. The van der Waals surface area contributed by atoms with Crippen molar-refractivity contribution < 1.29 is 19.5 Å². The Kier molecular flexibility index (Phi) is 3.61. The van der Waals surface area contributed by atoms with Crippen molar-refractivity contribution in [2.24, 2.45) is 0 Å². The molecule has 0 unspecified atom stereocenters. The Morgan fingerprint density at radius 2 is 2.00 bits per heavy atom. The molecule has 0 N–H and O–H groups in total. The van der Waals surface area contributed by atoms with Gasteiger partial charge in [-0.2, -0.15) is 0 Å². The molecule has 0 bridgehead atoms.